The molecule has 1 aliphatic heterocycles. The Kier molecular flexibility index (Phi) is 6.78. The van der Waals surface area contributed by atoms with Gasteiger partial charge in [-0.15, -0.1) is 11.3 Å². The van der Waals surface area contributed by atoms with Crippen molar-refractivity contribution >= 4 is 27.1 Å². The van der Waals surface area contributed by atoms with Gasteiger partial charge in [0.15, 0.2) is 9.84 Å². The van der Waals surface area contributed by atoms with Gasteiger partial charge in [0.2, 0.25) is 0 Å². The van der Waals surface area contributed by atoms with Gasteiger partial charge >= 0.3 is 0 Å². The fourth-order valence-electron chi connectivity index (χ4n) is 3.30. The number of nitrogens with zero attached hydrogens (tertiary/aromatic N) is 1. The van der Waals surface area contributed by atoms with E-state index in [4.69, 9.17) is 4.74 Å². The van der Waals surface area contributed by atoms with Gasteiger partial charge in [-0.2, -0.15) is 0 Å². The molecule has 2 aromatic rings. The first-order chi connectivity index (χ1) is 13.4. The summed E-state index contributed by atoms with van der Waals surface area (Å²) in [5, 5.41) is 2.00. The fourth-order valence-corrected chi connectivity index (χ4v) is 5.94. The molecule has 1 saturated heterocycles. The molecular formula is C21H27NO4S2. The smallest absolute Gasteiger partial charge is 0.254 e. The molecule has 3 rings (SSSR count). The summed E-state index contributed by atoms with van der Waals surface area (Å²) in [5.74, 6) is 0.806. The number of hydrogen-bond acceptors (Lipinski definition) is 5. The summed E-state index contributed by atoms with van der Waals surface area (Å²) in [6.45, 7) is 5.23. The molecule has 0 N–H and O–H groups in total. The van der Waals surface area contributed by atoms with Gasteiger partial charge in [0.05, 0.1) is 24.7 Å². The Labute approximate surface area is 171 Å². The molecule has 1 aromatic carbocycles. The average Bonchev–Trinajstić information content (AvgIpc) is 3.24. The monoisotopic (exact) mass is 421 g/mol. The lowest BCUT2D eigenvalue weighted by molar-refractivity contribution is 0.0683. The second-order valence-electron chi connectivity index (χ2n) is 7.24. The molecular weight excluding hydrogens is 394 g/mol. The van der Waals surface area contributed by atoms with Crippen LogP contribution in [0.15, 0.2) is 35.7 Å². The van der Waals surface area contributed by atoms with Gasteiger partial charge in [0, 0.05) is 16.5 Å². The van der Waals surface area contributed by atoms with Crippen LogP contribution in [0.25, 0.3) is 0 Å². The van der Waals surface area contributed by atoms with E-state index in [1.807, 2.05) is 30.5 Å². The highest BCUT2D eigenvalue weighted by molar-refractivity contribution is 7.91. The van der Waals surface area contributed by atoms with Gasteiger partial charge in [-0.25, -0.2) is 8.42 Å². The van der Waals surface area contributed by atoms with Crippen molar-refractivity contribution in [3.8, 4) is 5.75 Å². The van der Waals surface area contributed by atoms with Crippen molar-refractivity contribution in [1.82, 2.24) is 4.90 Å². The van der Waals surface area contributed by atoms with E-state index in [9.17, 15) is 13.2 Å². The van der Waals surface area contributed by atoms with Crippen LogP contribution in [0.5, 0.6) is 5.75 Å². The lowest BCUT2D eigenvalue weighted by Gasteiger charge is -2.28. The lowest BCUT2D eigenvalue weighted by Crippen LogP contribution is -2.40. The second-order valence-corrected chi connectivity index (χ2v) is 10.5. The largest absolute Gasteiger partial charge is 0.494 e. The highest BCUT2D eigenvalue weighted by Gasteiger charge is 2.35. The Morgan fingerprint density at radius 3 is 2.57 bits per heavy atom. The fraction of sp³-hybridized carbons (Fsp3) is 0.476. The van der Waals surface area contributed by atoms with Crippen LogP contribution in [-0.4, -0.2) is 43.4 Å². The summed E-state index contributed by atoms with van der Waals surface area (Å²) < 4.78 is 29.7. The molecule has 28 heavy (non-hydrogen) atoms. The third kappa shape index (κ3) is 5.14. The number of amides is 1. The van der Waals surface area contributed by atoms with Crippen LogP contribution in [-0.2, 0) is 16.4 Å². The van der Waals surface area contributed by atoms with Crippen LogP contribution < -0.4 is 4.74 Å². The Morgan fingerprint density at radius 1 is 1.25 bits per heavy atom. The number of carbonyl (C=O) groups is 1. The van der Waals surface area contributed by atoms with Crippen molar-refractivity contribution in [3.63, 3.8) is 0 Å². The molecule has 152 valence electrons. The zero-order chi connectivity index (χ0) is 20.1. The summed E-state index contributed by atoms with van der Waals surface area (Å²) in [7, 11) is -3.08. The van der Waals surface area contributed by atoms with Crippen molar-refractivity contribution in [3.05, 3.63) is 51.7 Å². The molecule has 0 bridgehead atoms. The summed E-state index contributed by atoms with van der Waals surface area (Å²) in [6.07, 6.45) is 2.56. The van der Waals surface area contributed by atoms with Gasteiger partial charge in [-0.3, -0.25) is 4.79 Å². The van der Waals surface area contributed by atoms with Crippen LogP contribution in [0.3, 0.4) is 0 Å². The standard InChI is InChI=1S/C21H27NO4S2/c1-3-4-11-26-19-7-5-17(6-8-19)21(23)22(14-20-16(2)9-12-27-20)18-10-13-28(24,25)15-18/h5-9,12,18H,3-4,10-11,13-15H2,1-2H3/t18-/m0/s1. The minimum Gasteiger partial charge on any atom is -0.494 e. The van der Waals surface area contributed by atoms with Gasteiger partial charge in [0.25, 0.3) is 5.91 Å². The highest BCUT2D eigenvalue weighted by atomic mass is 32.2. The average molecular weight is 422 g/mol. The number of hydrogen-bond donors (Lipinski definition) is 0. The van der Waals surface area contributed by atoms with Crippen LogP contribution in [0.4, 0.5) is 0 Å². The van der Waals surface area contributed by atoms with E-state index in [1.165, 1.54) is 0 Å². The zero-order valence-electron chi connectivity index (χ0n) is 16.4. The van der Waals surface area contributed by atoms with E-state index in [0.29, 0.717) is 25.1 Å². The lowest BCUT2D eigenvalue weighted by atomic mass is 10.1. The summed E-state index contributed by atoms with van der Waals surface area (Å²) >= 11 is 1.60. The molecule has 0 radical (unpaired) electrons. The number of carbonyl (C=O) groups excluding carboxylic acids is 1. The minimum atomic E-state index is -3.08. The molecule has 0 unspecified atom stereocenters. The topological polar surface area (TPSA) is 63.7 Å². The predicted molar refractivity (Wildman–Crippen MR) is 113 cm³/mol. The molecule has 0 aliphatic carbocycles. The van der Waals surface area contributed by atoms with Crippen molar-refractivity contribution in [2.45, 2.75) is 45.7 Å². The number of rotatable bonds is 8. The molecule has 1 fully saturated rings. The maximum Gasteiger partial charge on any atom is 0.254 e. The van der Waals surface area contributed by atoms with Gasteiger partial charge < -0.3 is 9.64 Å². The Balaban J connectivity index is 1.79. The first-order valence-corrected chi connectivity index (χ1v) is 12.4. The van der Waals surface area contributed by atoms with E-state index in [0.717, 1.165) is 29.0 Å². The van der Waals surface area contributed by atoms with Gasteiger partial charge in [-0.05, 0) is 61.0 Å². The van der Waals surface area contributed by atoms with Crippen LogP contribution >= 0.6 is 11.3 Å². The van der Waals surface area contributed by atoms with E-state index >= 15 is 0 Å². The van der Waals surface area contributed by atoms with Crippen molar-refractivity contribution in [1.29, 1.82) is 0 Å². The number of thiophene rings is 1. The molecule has 1 amide bonds. The highest BCUT2D eigenvalue weighted by Crippen LogP contribution is 2.26. The van der Waals surface area contributed by atoms with E-state index in [2.05, 4.69) is 6.92 Å². The summed E-state index contributed by atoms with van der Waals surface area (Å²) in [4.78, 5) is 16.1. The molecule has 1 atom stereocenters. The second kappa shape index (κ2) is 9.09. The number of sulfone groups is 1. The molecule has 2 heterocycles. The molecule has 1 aromatic heterocycles. The van der Waals surface area contributed by atoms with Crippen LogP contribution in [0.2, 0.25) is 0 Å². The molecule has 0 saturated carbocycles. The maximum absolute atomic E-state index is 13.2. The third-order valence-corrected chi connectivity index (χ3v) is 7.82. The van der Waals surface area contributed by atoms with E-state index < -0.39 is 9.84 Å². The first kappa shape index (κ1) is 20.9. The first-order valence-electron chi connectivity index (χ1n) is 9.67. The number of benzene rings is 1. The minimum absolute atomic E-state index is 0.0430. The Hall–Kier alpha value is -1.86. The van der Waals surface area contributed by atoms with Crippen LogP contribution in [0.1, 0.15) is 47.0 Å². The Bertz CT molecular complexity index is 903. The maximum atomic E-state index is 13.2. The normalized spacial score (nSPS) is 18.1. The zero-order valence-corrected chi connectivity index (χ0v) is 18.0. The summed E-state index contributed by atoms with van der Waals surface area (Å²) in [5.41, 5.74) is 1.68. The third-order valence-electron chi connectivity index (χ3n) is 5.06. The molecule has 7 heteroatoms. The predicted octanol–water partition coefficient (Wildman–Crippen LogP) is 4.06. The van der Waals surface area contributed by atoms with Crippen molar-refractivity contribution in [2.75, 3.05) is 18.1 Å². The molecule has 0 spiro atoms. The van der Waals surface area contributed by atoms with E-state index in [-0.39, 0.29) is 23.5 Å². The van der Waals surface area contributed by atoms with Crippen LogP contribution in [0, 0.1) is 6.92 Å². The Morgan fingerprint density at radius 2 is 2.00 bits per heavy atom. The molecule has 5 nitrogen and oxygen atoms in total. The van der Waals surface area contributed by atoms with Gasteiger partial charge in [0.1, 0.15) is 5.75 Å². The van der Waals surface area contributed by atoms with Gasteiger partial charge in [-0.1, -0.05) is 13.3 Å². The van der Waals surface area contributed by atoms with E-state index in [1.54, 1.807) is 28.4 Å². The van der Waals surface area contributed by atoms with Crippen molar-refractivity contribution < 1.29 is 17.9 Å². The number of ether oxygens (including phenoxy) is 1. The molecule has 1 aliphatic rings. The SMILES string of the molecule is CCCCOc1ccc(C(=O)N(Cc2sccc2C)[C@H]2CCS(=O)(=O)C2)cc1. The number of aryl methyl sites for hydroxylation is 1. The van der Waals surface area contributed by atoms with Crippen molar-refractivity contribution in [2.24, 2.45) is 0 Å². The number of unbranched alkanes of at least 4 members (excludes halogenated alkanes) is 1. The quantitative estimate of drug-likeness (QED) is 0.603. The summed E-state index contributed by atoms with van der Waals surface area (Å²) in [6, 6.07) is 8.89.